The number of nitrogens with zero attached hydrogens (tertiary/aromatic N) is 3. The third-order valence-corrected chi connectivity index (χ3v) is 4.24. The molecule has 3 aromatic rings. The third-order valence-electron chi connectivity index (χ3n) is 3.88. The van der Waals surface area contributed by atoms with Crippen molar-refractivity contribution < 1.29 is 17.6 Å². The molecule has 10 heteroatoms. The molecule has 28 heavy (non-hydrogen) atoms. The summed E-state index contributed by atoms with van der Waals surface area (Å²) < 4.78 is 52.2. The normalized spacial score (nSPS) is 11.5. The van der Waals surface area contributed by atoms with E-state index < -0.39 is 17.3 Å². The lowest BCUT2D eigenvalue weighted by Gasteiger charge is -2.11. The molecular weight excluding hydrogens is 400 g/mol. The summed E-state index contributed by atoms with van der Waals surface area (Å²) in [7, 11) is 0. The van der Waals surface area contributed by atoms with Crippen molar-refractivity contribution in [1.82, 2.24) is 14.8 Å². The highest BCUT2D eigenvalue weighted by molar-refractivity contribution is 6.32. The van der Waals surface area contributed by atoms with Gasteiger partial charge < -0.3 is 5.32 Å². The van der Waals surface area contributed by atoms with Crippen LogP contribution < -0.4 is 10.9 Å². The molecule has 0 spiro atoms. The van der Waals surface area contributed by atoms with Crippen molar-refractivity contribution in [2.75, 3.05) is 11.9 Å². The van der Waals surface area contributed by atoms with E-state index in [9.17, 15) is 22.4 Å². The van der Waals surface area contributed by atoms with Gasteiger partial charge in [-0.3, -0.25) is 4.79 Å². The first-order valence-electron chi connectivity index (χ1n) is 8.06. The number of anilines is 1. The lowest BCUT2D eigenvalue weighted by molar-refractivity contribution is -0.137. The topological polar surface area (TPSA) is 59.8 Å². The van der Waals surface area contributed by atoms with Crippen LogP contribution in [-0.4, -0.2) is 21.3 Å². The molecule has 146 valence electrons. The average Bonchev–Trinajstić information content (AvgIpc) is 2.66. The van der Waals surface area contributed by atoms with Gasteiger partial charge in [-0.15, -0.1) is 0 Å². The van der Waals surface area contributed by atoms with E-state index in [-0.39, 0.29) is 22.3 Å². The molecule has 0 bridgehead atoms. The van der Waals surface area contributed by atoms with Crippen molar-refractivity contribution in [3.63, 3.8) is 0 Å². The summed E-state index contributed by atoms with van der Waals surface area (Å²) in [4.78, 5) is 16.0. The van der Waals surface area contributed by atoms with Gasteiger partial charge in [0.1, 0.15) is 10.8 Å². The number of aromatic nitrogens is 3. The first-order valence-corrected chi connectivity index (χ1v) is 8.44. The minimum absolute atomic E-state index is 0.0993. The monoisotopic (exact) mass is 412 g/mol. The van der Waals surface area contributed by atoms with E-state index in [1.165, 1.54) is 12.3 Å². The maximum Gasteiger partial charge on any atom is 0.417 e. The quantitative estimate of drug-likeness (QED) is 0.641. The molecule has 0 radical (unpaired) electrons. The Kier molecular flexibility index (Phi) is 5.64. The van der Waals surface area contributed by atoms with Crippen molar-refractivity contribution >= 4 is 17.3 Å². The fourth-order valence-electron chi connectivity index (χ4n) is 2.43. The molecule has 0 aliphatic carbocycles. The van der Waals surface area contributed by atoms with Crippen LogP contribution in [0.5, 0.6) is 0 Å². The number of halogens is 5. The molecule has 2 aromatic heterocycles. The summed E-state index contributed by atoms with van der Waals surface area (Å²) >= 11 is 6.05. The zero-order valence-corrected chi connectivity index (χ0v) is 14.9. The van der Waals surface area contributed by atoms with Crippen LogP contribution in [0.15, 0.2) is 53.6 Å². The SMILES string of the molecule is O=c1c(Cl)c(NCCc2ccccc2F)cnn1-c1ccc(C(F)(F)F)cn1. The van der Waals surface area contributed by atoms with Gasteiger partial charge in [-0.2, -0.15) is 23.0 Å². The smallest absolute Gasteiger partial charge is 0.382 e. The summed E-state index contributed by atoms with van der Waals surface area (Å²) in [5.74, 6) is -0.435. The number of nitrogens with one attached hydrogen (secondary N) is 1. The highest BCUT2D eigenvalue weighted by atomic mass is 35.5. The molecule has 0 aliphatic heterocycles. The van der Waals surface area contributed by atoms with Crippen molar-refractivity contribution in [2.24, 2.45) is 0 Å². The summed E-state index contributed by atoms with van der Waals surface area (Å²) in [6.07, 6.45) is -2.32. The van der Waals surface area contributed by atoms with Crippen molar-refractivity contribution in [3.8, 4) is 5.82 Å². The molecule has 0 saturated heterocycles. The van der Waals surface area contributed by atoms with Crippen molar-refractivity contribution in [2.45, 2.75) is 12.6 Å². The zero-order valence-electron chi connectivity index (χ0n) is 14.2. The van der Waals surface area contributed by atoms with Crippen LogP contribution in [0, 0.1) is 5.82 Å². The maximum atomic E-state index is 13.6. The molecule has 2 heterocycles. The molecule has 0 atom stereocenters. The minimum Gasteiger partial charge on any atom is -0.382 e. The van der Waals surface area contributed by atoms with E-state index in [0.717, 1.165) is 16.8 Å². The molecule has 1 aromatic carbocycles. The highest BCUT2D eigenvalue weighted by Gasteiger charge is 2.30. The Hall–Kier alpha value is -2.94. The Bertz CT molecular complexity index is 1030. The number of hydrogen-bond donors (Lipinski definition) is 1. The van der Waals surface area contributed by atoms with Crippen LogP contribution >= 0.6 is 11.6 Å². The van der Waals surface area contributed by atoms with Gasteiger partial charge in [-0.25, -0.2) is 9.37 Å². The van der Waals surface area contributed by atoms with Crippen LogP contribution in [0.2, 0.25) is 5.02 Å². The number of pyridine rings is 1. The predicted molar refractivity (Wildman–Crippen MR) is 96.2 cm³/mol. The van der Waals surface area contributed by atoms with Crippen LogP contribution in [0.25, 0.3) is 5.82 Å². The molecule has 0 amide bonds. The molecule has 0 aliphatic rings. The van der Waals surface area contributed by atoms with Crippen molar-refractivity contribution in [1.29, 1.82) is 0 Å². The van der Waals surface area contributed by atoms with E-state index in [1.54, 1.807) is 18.2 Å². The minimum atomic E-state index is -4.53. The second-order valence-electron chi connectivity index (χ2n) is 5.76. The molecule has 0 fully saturated rings. The van der Waals surface area contributed by atoms with Gasteiger partial charge >= 0.3 is 6.18 Å². The highest BCUT2D eigenvalue weighted by Crippen LogP contribution is 2.28. The van der Waals surface area contributed by atoms with Crippen molar-refractivity contribution in [3.05, 3.63) is 81.1 Å². The lowest BCUT2D eigenvalue weighted by atomic mass is 10.1. The summed E-state index contributed by atoms with van der Waals surface area (Å²) in [6, 6.07) is 8.12. The maximum absolute atomic E-state index is 13.6. The van der Waals surface area contributed by atoms with Gasteiger partial charge in [-0.1, -0.05) is 29.8 Å². The lowest BCUT2D eigenvalue weighted by Crippen LogP contribution is -2.24. The fourth-order valence-corrected chi connectivity index (χ4v) is 2.63. The predicted octanol–water partition coefficient (Wildman–Crippen LogP) is 4.09. The summed E-state index contributed by atoms with van der Waals surface area (Å²) in [6.45, 7) is 0.296. The Morgan fingerprint density at radius 3 is 2.50 bits per heavy atom. The second kappa shape index (κ2) is 7.97. The first-order chi connectivity index (χ1) is 13.3. The zero-order chi connectivity index (χ0) is 20.3. The van der Waals surface area contributed by atoms with E-state index in [2.05, 4.69) is 15.4 Å². The molecule has 3 rings (SSSR count). The van der Waals surface area contributed by atoms with E-state index in [4.69, 9.17) is 11.6 Å². The van der Waals surface area contributed by atoms with Crippen LogP contribution in [0.4, 0.5) is 23.2 Å². The third kappa shape index (κ3) is 4.30. The molecule has 5 nitrogen and oxygen atoms in total. The number of hydrogen-bond acceptors (Lipinski definition) is 4. The van der Waals surface area contributed by atoms with E-state index in [1.807, 2.05) is 0 Å². The number of alkyl halides is 3. The summed E-state index contributed by atoms with van der Waals surface area (Å²) in [5, 5.41) is 6.57. The molecule has 0 saturated carbocycles. The van der Waals surface area contributed by atoms with Gasteiger partial charge in [0.05, 0.1) is 17.4 Å². The molecule has 0 unspecified atom stereocenters. The van der Waals surface area contributed by atoms with Gasteiger partial charge in [0.2, 0.25) is 0 Å². The summed E-state index contributed by atoms with van der Waals surface area (Å²) in [5.41, 5.74) is -0.959. The molecule has 1 N–H and O–H groups in total. The average molecular weight is 413 g/mol. The Balaban J connectivity index is 1.76. The number of rotatable bonds is 5. The fraction of sp³-hybridized carbons (Fsp3) is 0.167. The Labute approximate surface area is 161 Å². The van der Waals surface area contributed by atoms with Crippen LogP contribution in [0.1, 0.15) is 11.1 Å². The standard InChI is InChI=1S/C18H13ClF4N4O/c19-16-14(24-8-7-11-3-1-2-4-13(11)20)10-26-27(17(16)28)15-6-5-12(9-25-15)18(21,22)23/h1-6,9-10,24H,7-8H2. The number of benzene rings is 1. The van der Waals surface area contributed by atoms with E-state index in [0.29, 0.717) is 24.7 Å². The van der Waals surface area contributed by atoms with E-state index >= 15 is 0 Å². The Morgan fingerprint density at radius 1 is 1.11 bits per heavy atom. The van der Waals surface area contributed by atoms with Crippen LogP contribution in [-0.2, 0) is 12.6 Å². The second-order valence-corrected chi connectivity index (χ2v) is 6.14. The largest absolute Gasteiger partial charge is 0.417 e. The first kappa shape index (κ1) is 19.8. The van der Waals surface area contributed by atoms with Crippen LogP contribution in [0.3, 0.4) is 0 Å². The molecular formula is C18H13ClF4N4O. The van der Waals surface area contributed by atoms with Gasteiger partial charge in [0, 0.05) is 12.7 Å². The van der Waals surface area contributed by atoms with Gasteiger partial charge in [-0.05, 0) is 30.2 Å². The van der Waals surface area contributed by atoms with Gasteiger partial charge in [0.15, 0.2) is 5.82 Å². The van der Waals surface area contributed by atoms with Gasteiger partial charge in [0.25, 0.3) is 5.56 Å². The Morgan fingerprint density at radius 2 is 1.86 bits per heavy atom.